The van der Waals surface area contributed by atoms with Gasteiger partial charge in [0.25, 0.3) is 5.91 Å². The molecule has 0 aliphatic rings. The van der Waals surface area contributed by atoms with E-state index in [4.69, 9.17) is 23.2 Å². The average molecular weight is 298 g/mol. The molecule has 6 heteroatoms. The molecule has 1 aromatic carbocycles. The zero-order valence-corrected chi connectivity index (χ0v) is 11.9. The number of nitrogens with zero attached hydrogens (tertiary/aromatic N) is 2. The van der Waals surface area contributed by atoms with Crippen LogP contribution in [0.5, 0.6) is 0 Å². The number of nitrogens with one attached hydrogen (secondary N) is 1. The number of amides is 1. The third-order valence-electron chi connectivity index (χ3n) is 2.62. The van der Waals surface area contributed by atoms with Gasteiger partial charge in [0.1, 0.15) is 0 Å². The number of rotatable bonds is 4. The lowest BCUT2D eigenvalue weighted by molar-refractivity contribution is 0.0945. The van der Waals surface area contributed by atoms with Crippen molar-refractivity contribution < 1.29 is 4.79 Å². The van der Waals surface area contributed by atoms with Crippen LogP contribution in [0.3, 0.4) is 0 Å². The molecule has 2 rings (SSSR count). The Morgan fingerprint density at radius 1 is 1.32 bits per heavy atom. The van der Waals surface area contributed by atoms with E-state index in [0.717, 1.165) is 5.56 Å². The van der Waals surface area contributed by atoms with E-state index in [2.05, 4.69) is 10.4 Å². The third-order valence-corrected chi connectivity index (χ3v) is 3.15. The van der Waals surface area contributed by atoms with Crippen LogP contribution >= 0.6 is 23.2 Å². The predicted molar refractivity (Wildman–Crippen MR) is 75.5 cm³/mol. The van der Waals surface area contributed by atoms with Gasteiger partial charge in [-0.25, -0.2) is 0 Å². The third kappa shape index (κ3) is 3.49. The fourth-order valence-corrected chi connectivity index (χ4v) is 1.94. The number of aryl methyl sites for hydroxylation is 1. The standard InChI is InChI=1S/C13H13Cl2N3O/c1-2-18-8-11(15)12(17-18)13(19)16-7-9-3-5-10(14)6-4-9/h3-6,8H,2,7H2,1H3,(H,16,19). The molecule has 0 radical (unpaired) electrons. The molecule has 1 heterocycles. The molecule has 2 aromatic rings. The Morgan fingerprint density at radius 2 is 2.00 bits per heavy atom. The minimum Gasteiger partial charge on any atom is -0.347 e. The topological polar surface area (TPSA) is 46.9 Å². The van der Waals surface area contributed by atoms with Gasteiger partial charge in [0.05, 0.1) is 5.02 Å². The molecule has 19 heavy (non-hydrogen) atoms. The maximum absolute atomic E-state index is 11.9. The van der Waals surface area contributed by atoms with E-state index in [1.54, 1.807) is 23.0 Å². The maximum Gasteiger partial charge on any atom is 0.273 e. The Bertz CT molecular complexity index is 578. The van der Waals surface area contributed by atoms with Gasteiger partial charge in [-0.2, -0.15) is 5.10 Å². The maximum atomic E-state index is 11.9. The van der Waals surface area contributed by atoms with Crippen LogP contribution in [0.2, 0.25) is 10.0 Å². The van der Waals surface area contributed by atoms with Gasteiger partial charge >= 0.3 is 0 Å². The van der Waals surface area contributed by atoms with Gasteiger partial charge in [-0.3, -0.25) is 9.48 Å². The quantitative estimate of drug-likeness (QED) is 0.942. The molecule has 1 aromatic heterocycles. The van der Waals surface area contributed by atoms with Crippen LogP contribution < -0.4 is 5.32 Å². The number of carbonyl (C=O) groups excluding carboxylic acids is 1. The van der Waals surface area contributed by atoms with Crippen molar-refractivity contribution in [3.8, 4) is 0 Å². The first-order valence-electron chi connectivity index (χ1n) is 5.85. The summed E-state index contributed by atoms with van der Waals surface area (Å²) >= 11 is 11.8. The van der Waals surface area contributed by atoms with Crippen molar-refractivity contribution in [1.29, 1.82) is 0 Å². The Kier molecular flexibility index (Phi) is 4.45. The molecular formula is C13H13Cl2N3O. The summed E-state index contributed by atoms with van der Waals surface area (Å²) in [6.07, 6.45) is 1.64. The monoisotopic (exact) mass is 297 g/mol. The van der Waals surface area contributed by atoms with Crippen molar-refractivity contribution in [2.75, 3.05) is 0 Å². The number of benzene rings is 1. The number of aromatic nitrogens is 2. The fourth-order valence-electron chi connectivity index (χ4n) is 1.58. The molecule has 1 N–H and O–H groups in total. The van der Waals surface area contributed by atoms with E-state index in [1.807, 2.05) is 19.1 Å². The van der Waals surface area contributed by atoms with Crippen LogP contribution in [0.4, 0.5) is 0 Å². The van der Waals surface area contributed by atoms with Gasteiger partial charge in [0.2, 0.25) is 0 Å². The molecule has 1 amide bonds. The van der Waals surface area contributed by atoms with E-state index in [1.165, 1.54) is 0 Å². The minimum atomic E-state index is -0.285. The highest BCUT2D eigenvalue weighted by molar-refractivity contribution is 6.33. The molecule has 0 aliphatic heterocycles. The highest BCUT2D eigenvalue weighted by Crippen LogP contribution is 2.14. The molecule has 0 saturated carbocycles. The van der Waals surface area contributed by atoms with Crippen molar-refractivity contribution in [1.82, 2.24) is 15.1 Å². The number of carbonyl (C=O) groups is 1. The summed E-state index contributed by atoms with van der Waals surface area (Å²) in [5.41, 5.74) is 1.21. The largest absolute Gasteiger partial charge is 0.347 e. The second-order valence-corrected chi connectivity index (χ2v) is 4.83. The molecule has 0 atom stereocenters. The van der Waals surface area contributed by atoms with E-state index < -0.39 is 0 Å². The first-order chi connectivity index (χ1) is 9.10. The lowest BCUT2D eigenvalue weighted by Gasteiger charge is -2.04. The van der Waals surface area contributed by atoms with Crippen molar-refractivity contribution in [3.05, 3.63) is 51.8 Å². The molecule has 0 saturated heterocycles. The van der Waals surface area contributed by atoms with Crippen molar-refractivity contribution in [2.24, 2.45) is 0 Å². The number of hydrogen-bond donors (Lipinski definition) is 1. The second-order valence-electron chi connectivity index (χ2n) is 3.99. The zero-order valence-electron chi connectivity index (χ0n) is 10.4. The molecule has 0 fully saturated rings. The van der Waals surface area contributed by atoms with E-state index in [0.29, 0.717) is 23.1 Å². The lowest BCUT2D eigenvalue weighted by atomic mass is 10.2. The summed E-state index contributed by atoms with van der Waals surface area (Å²) in [6.45, 7) is 3.01. The summed E-state index contributed by atoms with van der Waals surface area (Å²) in [6, 6.07) is 7.27. The van der Waals surface area contributed by atoms with Gasteiger partial charge in [-0.05, 0) is 24.6 Å². The van der Waals surface area contributed by atoms with Crippen LogP contribution in [-0.2, 0) is 13.1 Å². The predicted octanol–water partition coefficient (Wildman–Crippen LogP) is 3.14. The van der Waals surface area contributed by atoms with Gasteiger partial charge in [0.15, 0.2) is 5.69 Å². The summed E-state index contributed by atoms with van der Waals surface area (Å²) in [5.74, 6) is -0.285. The normalized spacial score (nSPS) is 10.5. The molecule has 0 unspecified atom stereocenters. The smallest absolute Gasteiger partial charge is 0.273 e. The lowest BCUT2D eigenvalue weighted by Crippen LogP contribution is -2.23. The van der Waals surface area contributed by atoms with Gasteiger partial charge in [-0.1, -0.05) is 35.3 Å². The van der Waals surface area contributed by atoms with Crippen LogP contribution in [-0.4, -0.2) is 15.7 Å². The van der Waals surface area contributed by atoms with Gasteiger partial charge in [-0.15, -0.1) is 0 Å². The fraction of sp³-hybridized carbons (Fsp3) is 0.231. The van der Waals surface area contributed by atoms with E-state index in [-0.39, 0.29) is 11.6 Å². The molecule has 0 bridgehead atoms. The molecular weight excluding hydrogens is 285 g/mol. The zero-order chi connectivity index (χ0) is 13.8. The Balaban J connectivity index is 2.01. The molecule has 4 nitrogen and oxygen atoms in total. The molecule has 0 aliphatic carbocycles. The Morgan fingerprint density at radius 3 is 2.58 bits per heavy atom. The molecule has 0 spiro atoms. The summed E-state index contributed by atoms with van der Waals surface area (Å²) in [4.78, 5) is 11.9. The van der Waals surface area contributed by atoms with E-state index in [9.17, 15) is 4.79 Å². The summed E-state index contributed by atoms with van der Waals surface area (Å²) in [7, 11) is 0. The van der Waals surface area contributed by atoms with Crippen molar-refractivity contribution in [3.63, 3.8) is 0 Å². The van der Waals surface area contributed by atoms with E-state index >= 15 is 0 Å². The van der Waals surface area contributed by atoms with Crippen LogP contribution in [0.25, 0.3) is 0 Å². The first kappa shape index (κ1) is 13.9. The van der Waals surface area contributed by atoms with Crippen molar-refractivity contribution >= 4 is 29.1 Å². The Labute approximate surface area is 121 Å². The first-order valence-corrected chi connectivity index (χ1v) is 6.61. The van der Waals surface area contributed by atoms with Crippen LogP contribution in [0.15, 0.2) is 30.5 Å². The van der Waals surface area contributed by atoms with Gasteiger partial charge < -0.3 is 5.32 Å². The highest BCUT2D eigenvalue weighted by atomic mass is 35.5. The number of hydrogen-bond acceptors (Lipinski definition) is 2. The Hall–Kier alpha value is -1.52. The highest BCUT2D eigenvalue weighted by Gasteiger charge is 2.14. The average Bonchev–Trinajstić information content (AvgIpc) is 2.79. The number of halogens is 2. The van der Waals surface area contributed by atoms with Crippen LogP contribution in [0, 0.1) is 0 Å². The van der Waals surface area contributed by atoms with Crippen LogP contribution in [0.1, 0.15) is 23.0 Å². The van der Waals surface area contributed by atoms with Gasteiger partial charge in [0, 0.05) is 24.3 Å². The SMILES string of the molecule is CCn1cc(Cl)c(C(=O)NCc2ccc(Cl)cc2)n1. The molecule has 100 valence electrons. The second kappa shape index (κ2) is 6.08. The van der Waals surface area contributed by atoms with Crippen molar-refractivity contribution in [2.45, 2.75) is 20.0 Å². The minimum absolute atomic E-state index is 0.248. The summed E-state index contributed by atoms with van der Waals surface area (Å²) < 4.78 is 1.62. The summed E-state index contributed by atoms with van der Waals surface area (Å²) in [5, 5.41) is 7.90.